The van der Waals surface area contributed by atoms with E-state index in [0.29, 0.717) is 24.7 Å². The maximum absolute atomic E-state index is 13.1. The Morgan fingerprint density at radius 1 is 1.18 bits per heavy atom. The topological polar surface area (TPSA) is 79.7 Å². The lowest BCUT2D eigenvalue weighted by atomic mass is 9.81. The Labute approximate surface area is 188 Å². The van der Waals surface area contributed by atoms with Crippen molar-refractivity contribution in [1.82, 2.24) is 9.88 Å². The van der Waals surface area contributed by atoms with Crippen LogP contribution in [0.5, 0.6) is 0 Å². The fourth-order valence-corrected chi connectivity index (χ4v) is 4.42. The molecule has 0 spiro atoms. The quantitative estimate of drug-likeness (QED) is 0.662. The van der Waals surface area contributed by atoms with Crippen LogP contribution in [-0.4, -0.2) is 52.7 Å². The highest BCUT2D eigenvalue weighted by Gasteiger charge is 2.50. The van der Waals surface area contributed by atoms with Crippen molar-refractivity contribution in [2.24, 2.45) is 11.3 Å². The van der Waals surface area contributed by atoms with Crippen molar-refractivity contribution in [2.75, 3.05) is 19.7 Å². The van der Waals surface area contributed by atoms with E-state index in [1.165, 1.54) is 18.6 Å². The number of carbonyl (C=O) groups excluding carboxylic acids is 1. The molecular weight excluding hydrogens is 444 g/mol. The van der Waals surface area contributed by atoms with E-state index in [1.54, 1.807) is 18.3 Å². The Morgan fingerprint density at radius 2 is 1.88 bits per heavy atom. The number of hydrogen-bond acceptors (Lipinski definition) is 4. The van der Waals surface area contributed by atoms with Gasteiger partial charge in [-0.15, -0.1) is 0 Å². The molecule has 1 aliphatic heterocycles. The van der Waals surface area contributed by atoms with Crippen LogP contribution in [-0.2, 0) is 16.1 Å². The number of aliphatic carboxylic acids is 1. The molecule has 0 bridgehead atoms. The summed E-state index contributed by atoms with van der Waals surface area (Å²) in [5.41, 5.74) is 1.52. The molecule has 2 heterocycles. The number of ether oxygens (including phenoxy) is 1. The molecule has 1 saturated heterocycles. The maximum atomic E-state index is 13.1. The van der Waals surface area contributed by atoms with Gasteiger partial charge >= 0.3 is 12.1 Å². The first-order valence-electron chi connectivity index (χ1n) is 10.4. The highest BCUT2D eigenvalue weighted by molar-refractivity contribution is 5.94. The Morgan fingerprint density at radius 3 is 2.48 bits per heavy atom. The summed E-state index contributed by atoms with van der Waals surface area (Å²) in [5.74, 6) is -2.61. The third-order valence-corrected chi connectivity index (χ3v) is 6.03. The second kappa shape index (κ2) is 10.3. The number of halogens is 4. The predicted octanol–water partition coefficient (Wildman–Crippen LogP) is 4.31. The molecule has 0 unspecified atom stereocenters. The van der Waals surface area contributed by atoms with Crippen LogP contribution in [0.1, 0.15) is 35.3 Å². The van der Waals surface area contributed by atoms with Gasteiger partial charge in [0, 0.05) is 30.3 Å². The Balaban J connectivity index is 0.000000383. The molecule has 6 nitrogen and oxygen atoms in total. The van der Waals surface area contributed by atoms with Gasteiger partial charge in [0.05, 0.1) is 18.9 Å². The molecule has 10 heteroatoms. The zero-order chi connectivity index (χ0) is 24.1. The van der Waals surface area contributed by atoms with E-state index >= 15 is 0 Å². The lowest BCUT2D eigenvalue weighted by Crippen LogP contribution is -2.34. The van der Waals surface area contributed by atoms with Crippen LogP contribution in [0.2, 0.25) is 0 Å². The molecule has 2 aromatic rings. The molecule has 1 amide bonds. The summed E-state index contributed by atoms with van der Waals surface area (Å²) in [5, 5.41) is 7.12. The second-order valence-corrected chi connectivity index (χ2v) is 8.26. The van der Waals surface area contributed by atoms with E-state index in [-0.39, 0.29) is 17.1 Å². The van der Waals surface area contributed by atoms with E-state index in [2.05, 4.69) is 4.98 Å². The lowest BCUT2D eigenvalue weighted by molar-refractivity contribution is -0.192. The molecule has 2 fully saturated rings. The van der Waals surface area contributed by atoms with Crippen molar-refractivity contribution in [2.45, 2.75) is 32.0 Å². The number of benzene rings is 1. The zero-order valence-corrected chi connectivity index (χ0v) is 17.7. The van der Waals surface area contributed by atoms with E-state index in [9.17, 15) is 22.4 Å². The number of aromatic nitrogens is 1. The Kier molecular flexibility index (Phi) is 7.68. The normalized spacial score (nSPS) is 21.8. The van der Waals surface area contributed by atoms with E-state index in [1.807, 2.05) is 23.1 Å². The smallest absolute Gasteiger partial charge is 0.475 e. The highest BCUT2D eigenvalue weighted by atomic mass is 19.4. The van der Waals surface area contributed by atoms with E-state index in [0.717, 1.165) is 31.6 Å². The monoisotopic (exact) mass is 468 g/mol. The van der Waals surface area contributed by atoms with Crippen molar-refractivity contribution in [3.8, 4) is 0 Å². The van der Waals surface area contributed by atoms with E-state index in [4.69, 9.17) is 14.6 Å². The fraction of sp³-hybridized carbons (Fsp3) is 0.435. The number of carboxylic acids is 1. The number of alkyl halides is 3. The van der Waals surface area contributed by atoms with Gasteiger partial charge in [0.2, 0.25) is 0 Å². The van der Waals surface area contributed by atoms with Crippen molar-refractivity contribution in [3.05, 3.63) is 65.7 Å². The molecule has 4 rings (SSSR count). The fourth-order valence-electron chi connectivity index (χ4n) is 4.42. The number of fused-ring (bicyclic) bond motifs is 1. The van der Waals surface area contributed by atoms with Crippen molar-refractivity contribution < 1.29 is 37.0 Å². The van der Waals surface area contributed by atoms with Gasteiger partial charge in [-0.1, -0.05) is 12.5 Å². The molecule has 1 N–H and O–H groups in total. The molecule has 1 aliphatic carbocycles. The molecule has 178 valence electrons. The Bertz CT molecular complexity index is 953. The zero-order valence-electron chi connectivity index (χ0n) is 17.7. The molecule has 1 aromatic heterocycles. The van der Waals surface area contributed by atoms with Gasteiger partial charge in [0.1, 0.15) is 5.82 Å². The lowest BCUT2D eigenvalue weighted by Gasteiger charge is -2.28. The van der Waals surface area contributed by atoms with Crippen molar-refractivity contribution in [1.29, 1.82) is 0 Å². The number of rotatable bonds is 5. The van der Waals surface area contributed by atoms with Crippen LogP contribution < -0.4 is 0 Å². The second-order valence-electron chi connectivity index (χ2n) is 8.26. The number of nitrogens with zero attached hydrogens (tertiary/aromatic N) is 2. The first-order chi connectivity index (χ1) is 15.6. The van der Waals surface area contributed by atoms with Crippen molar-refractivity contribution >= 4 is 11.9 Å². The molecule has 1 aromatic carbocycles. The van der Waals surface area contributed by atoms with Gasteiger partial charge in [-0.2, -0.15) is 13.2 Å². The number of likely N-dealkylation sites (tertiary alicyclic amines) is 1. The van der Waals surface area contributed by atoms with Crippen LogP contribution in [0.25, 0.3) is 0 Å². The number of pyridine rings is 1. The minimum atomic E-state index is -5.08. The maximum Gasteiger partial charge on any atom is 0.490 e. The van der Waals surface area contributed by atoms with Crippen LogP contribution in [0.4, 0.5) is 17.6 Å². The molecule has 33 heavy (non-hydrogen) atoms. The SMILES string of the molecule is O=C(O)C(F)(F)F.O=C(c1ccc(F)cc1)N1C[C@H]2CCC[C@@]2(COCc2ccccn2)C1. The summed E-state index contributed by atoms with van der Waals surface area (Å²) in [4.78, 5) is 27.9. The van der Waals surface area contributed by atoms with Gasteiger partial charge in [0.15, 0.2) is 0 Å². The van der Waals surface area contributed by atoms with Gasteiger partial charge in [-0.3, -0.25) is 9.78 Å². The average Bonchev–Trinajstić information content (AvgIpc) is 3.32. The van der Waals surface area contributed by atoms with Gasteiger partial charge < -0.3 is 14.7 Å². The summed E-state index contributed by atoms with van der Waals surface area (Å²) in [7, 11) is 0. The molecular formula is C23H24F4N2O4. The summed E-state index contributed by atoms with van der Waals surface area (Å²) in [6.45, 7) is 2.64. The van der Waals surface area contributed by atoms with Gasteiger partial charge in [-0.05, 0) is 55.2 Å². The minimum absolute atomic E-state index is 0.0106. The first-order valence-corrected chi connectivity index (χ1v) is 10.4. The largest absolute Gasteiger partial charge is 0.490 e. The molecule has 0 radical (unpaired) electrons. The van der Waals surface area contributed by atoms with E-state index < -0.39 is 12.1 Å². The number of hydrogen-bond donors (Lipinski definition) is 1. The number of carboxylic acid groups (broad SMARTS) is 1. The number of amides is 1. The van der Waals surface area contributed by atoms with Crippen LogP contribution in [0.3, 0.4) is 0 Å². The first kappa shape index (κ1) is 24.6. The van der Waals surface area contributed by atoms with Crippen LogP contribution >= 0.6 is 0 Å². The molecule has 1 saturated carbocycles. The summed E-state index contributed by atoms with van der Waals surface area (Å²) in [6.07, 6.45) is 0.109. The van der Waals surface area contributed by atoms with Gasteiger partial charge in [-0.25, -0.2) is 9.18 Å². The standard InChI is InChI=1S/C21H23FN2O2.C2HF3O2/c22-18-8-6-16(7-9-18)20(25)24-12-17-4-3-10-21(17,14-24)15-26-13-19-5-1-2-11-23-19;3-2(4,5)1(6)7/h1-2,5-9,11,17H,3-4,10,12-15H2;(H,6,7)/t17-,21+;/m1./s1. The number of carbonyl (C=O) groups is 2. The molecule has 2 aliphatic rings. The minimum Gasteiger partial charge on any atom is -0.475 e. The summed E-state index contributed by atoms with van der Waals surface area (Å²) >= 11 is 0. The molecule has 2 atom stereocenters. The Hall–Kier alpha value is -3.01. The van der Waals surface area contributed by atoms with Crippen LogP contribution in [0, 0.1) is 17.2 Å². The van der Waals surface area contributed by atoms with Gasteiger partial charge in [0.25, 0.3) is 5.91 Å². The van der Waals surface area contributed by atoms with Crippen molar-refractivity contribution in [3.63, 3.8) is 0 Å². The van der Waals surface area contributed by atoms with Crippen LogP contribution in [0.15, 0.2) is 48.7 Å². The average molecular weight is 468 g/mol. The summed E-state index contributed by atoms with van der Waals surface area (Å²) < 4.78 is 50.9. The highest BCUT2D eigenvalue weighted by Crippen LogP contribution is 2.49. The third kappa shape index (κ3) is 6.28. The predicted molar refractivity (Wildman–Crippen MR) is 110 cm³/mol. The third-order valence-electron chi connectivity index (χ3n) is 6.03. The summed E-state index contributed by atoms with van der Waals surface area (Å²) in [6, 6.07) is 11.6.